The molecule has 1 saturated carbocycles. The fourth-order valence-corrected chi connectivity index (χ4v) is 2.70. The van der Waals surface area contributed by atoms with Crippen molar-refractivity contribution in [3.05, 3.63) is 29.3 Å². The van der Waals surface area contributed by atoms with Crippen LogP contribution in [0.15, 0.2) is 18.2 Å². The van der Waals surface area contributed by atoms with Gasteiger partial charge in [-0.1, -0.05) is 6.92 Å². The molecule has 1 fully saturated rings. The van der Waals surface area contributed by atoms with Gasteiger partial charge in [-0.15, -0.1) is 0 Å². The number of alkyl halides is 3. The average Bonchev–Trinajstić information content (AvgIpc) is 2.40. The molecule has 0 heterocycles. The van der Waals surface area contributed by atoms with E-state index < -0.39 is 23.3 Å². The van der Waals surface area contributed by atoms with E-state index in [2.05, 4.69) is 12.2 Å². The highest BCUT2D eigenvalue weighted by Crippen LogP contribution is 2.34. The number of halogens is 3. The van der Waals surface area contributed by atoms with Gasteiger partial charge in [-0.2, -0.15) is 13.2 Å². The van der Waals surface area contributed by atoms with Crippen LogP contribution in [0.3, 0.4) is 0 Å². The summed E-state index contributed by atoms with van der Waals surface area (Å²) in [7, 11) is 0. The Labute approximate surface area is 121 Å². The van der Waals surface area contributed by atoms with E-state index in [0.29, 0.717) is 11.6 Å². The summed E-state index contributed by atoms with van der Waals surface area (Å²) in [6, 6.07) is 3.45. The second-order valence-electron chi connectivity index (χ2n) is 5.66. The number of carbonyl (C=O) groups is 1. The smallest absolute Gasteiger partial charge is 0.417 e. The third kappa shape index (κ3) is 3.89. The van der Waals surface area contributed by atoms with Crippen molar-refractivity contribution in [3.63, 3.8) is 0 Å². The van der Waals surface area contributed by atoms with E-state index in [4.69, 9.17) is 5.11 Å². The van der Waals surface area contributed by atoms with Gasteiger partial charge in [0.25, 0.3) is 0 Å². The molecule has 6 heteroatoms. The van der Waals surface area contributed by atoms with Gasteiger partial charge in [-0.05, 0) is 49.8 Å². The maximum atomic E-state index is 12.9. The Bertz CT molecular complexity index is 520. The Morgan fingerprint density at radius 2 is 1.86 bits per heavy atom. The topological polar surface area (TPSA) is 49.3 Å². The van der Waals surface area contributed by atoms with Gasteiger partial charge in [0.05, 0.1) is 11.1 Å². The lowest BCUT2D eigenvalue weighted by Crippen LogP contribution is -2.25. The SMILES string of the molecule is CC1CCC(Nc2ccc(C(=O)O)c(C(F)(F)F)c2)CC1. The van der Waals surface area contributed by atoms with Gasteiger partial charge in [-0.3, -0.25) is 0 Å². The Morgan fingerprint density at radius 3 is 2.38 bits per heavy atom. The van der Waals surface area contributed by atoms with E-state index in [-0.39, 0.29) is 6.04 Å². The molecule has 0 amide bonds. The quantitative estimate of drug-likeness (QED) is 0.870. The second kappa shape index (κ2) is 5.95. The second-order valence-corrected chi connectivity index (χ2v) is 5.66. The standard InChI is InChI=1S/C15H18F3NO2/c1-9-2-4-10(5-3-9)19-11-6-7-12(14(20)21)13(8-11)15(16,17)18/h6-10,19H,2-5H2,1H3,(H,20,21). The summed E-state index contributed by atoms with van der Waals surface area (Å²) in [4.78, 5) is 10.9. The van der Waals surface area contributed by atoms with Crippen LogP contribution >= 0.6 is 0 Å². The number of hydrogen-bond acceptors (Lipinski definition) is 2. The van der Waals surface area contributed by atoms with Gasteiger partial charge < -0.3 is 10.4 Å². The molecule has 1 aromatic carbocycles. The molecule has 116 valence electrons. The fourth-order valence-electron chi connectivity index (χ4n) is 2.70. The Kier molecular flexibility index (Phi) is 4.44. The number of aromatic carboxylic acids is 1. The average molecular weight is 301 g/mol. The van der Waals surface area contributed by atoms with Crippen LogP contribution in [0, 0.1) is 5.92 Å². The van der Waals surface area contributed by atoms with Gasteiger partial charge >= 0.3 is 12.1 Å². The highest BCUT2D eigenvalue weighted by molar-refractivity contribution is 5.90. The molecule has 3 nitrogen and oxygen atoms in total. The molecule has 0 unspecified atom stereocenters. The summed E-state index contributed by atoms with van der Waals surface area (Å²) >= 11 is 0. The zero-order valence-corrected chi connectivity index (χ0v) is 11.7. The first-order valence-electron chi connectivity index (χ1n) is 6.98. The van der Waals surface area contributed by atoms with Gasteiger partial charge in [0.15, 0.2) is 0 Å². The molecule has 0 bridgehead atoms. The first kappa shape index (κ1) is 15.7. The molecule has 0 aromatic heterocycles. The van der Waals surface area contributed by atoms with Crippen molar-refractivity contribution in [2.45, 2.75) is 44.8 Å². The largest absolute Gasteiger partial charge is 0.478 e. The van der Waals surface area contributed by atoms with Crippen LogP contribution in [0.2, 0.25) is 0 Å². The van der Waals surface area contributed by atoms with Crippen molar-refractivity contribution in [3.8, 4) is 0 Å². The number of anilines is 1. The molecule has 2 rings (SSSR count). The zero-order chi connectivity index (χ0) is 15.6. The third-order valence-electron chi connectivity index (χ3n) is 3.94. The first-order chi connectivity index (χ1) is 9.77. The number of nitrogens with one attached hydrogen (secondary N) is 1. The lowest BCUT2D eigenvalue weighted by Gasteiger charge is -2.28. The van der Waals surface area contributed by atoms with Crippen LogP contribution in [-0.4, -0.2) is 17.1 Å². The molecule has 1 aromatic rings. The molecule has 1 aliphatic carbocycles. The van der Waals surface area contributed by atoms with Crippen LogP contribution in [0.5, 0.6) is 0 Å². The predicted molar refractivity (Wildman–Crippen MR) is 73.4 cm³/mol. The monoisotopic (exact) mass is 301 g/mol. The number of benzene rings is 1. The van der Waals surface area contributed by atoms with Crippen LogP contribution in [0.1, 0.15) is 48.5 Å². The number of carboxylic acids is 1. The van der Waals surface area contributed by atoms with E-state index in [9.17, 15) is 18.0 Å². The number of rotatable bonds is 3. The number of carboxylic acid groups (broad SMARTS) is 1. The van der Waals surface area contributed by atoms with Crippen LogP contribution in [0.25, 0.3) is 0 Å². The van der Waals surface area contributed by atoms with Crippen LogP contribution in [0.4, 0.5) is 18.9 Å². The zero-order valence-electron chi connectivity index (χ0n) is 11.7. The third-order valence-corrected chi connectivity index (χ3v) is 3.94. The molecular weight excluding hydrogens is 283 g/mol. The predicted octanol–water partition coefficient (Wildman–Crippen LogP) is 4.39. The van der Waals surface area contributed by atoms with E-state index >= 15 is 0 Å². The van der Waals surface area contributed by atoms with Crippen molar-refractivity contribution in [1.29, 1.82) is 0 Å². The van der Waals surface area contributed by atoms with E-state index in [1.165, 1.54) is 6.07 Å². The molecule has 2 N–H and O–H groups in total. The van der Waals surface area contributed by atoms with Gasteiger partial charge in [-0.25, -0.2) is 4.79 Å². The van der Waals surface area contributed by atoms with Gasteiger partial charge in [0, 0.05) is 11.7 Å². The molecule has 0 aliphatic heterocycles. The Morgan fingerprint density at radius 1 is 1.24 bits per heavy atom. The highest BCUT2D eigenvalue weighted by atomic mass is 19.4. The molecule has 0 radical (unpaired) electrons. The minimum atomic E-state index is -4.67. The minimum Gasteiger partial charge on any atom is -0.478 e. The van der Waals surface area contributed by atoms with Crippen molar-refractivity contribution >= 4 is 11.7 Å². The first-order valence-corrected chi connectivity index (χ1v) is 6.98. The molecular formula is C15H18F3NO2. The maximum absolute atomic E-state index is 12.9. The molecule has 1 aliphatic rings. The lowest BCUT2D eigenvalue weighted by atomic mass is 9.87. The van der Waals surface area contributed by atoms with E-state index in [1.807, 2.05) is 0 Å². The van der Waals surface area contributed by atoms with Gasteiger partial charge in [0.2, 0.25) is 0 Å². The maximum Gasteiger partial charge on any atom is 0.417 e. The Hall–Kier alpha value is -1.72. The van der Waals surface area contributed by atoms with E-state index in [1.54, 1.807) is 0 Å². The summed E-state index contributed by atoms with van der Waals surface area (Å²) in [6.07, 6.45) is -0.729. The molecule has 0 atom stereocenters. The molecule has 21 heavy (non-hydrogen) atoms. The normalized spacial score (nSPS) is 22.9. The minimum absolute atomic E-state index is 0.151. The van der Waals surface area contributed by atoms with Crippen molar-refractivity contribution < 1.29 is 23.1 Å². The van der Waals surface area contributed by atoms with Crippen LogP contribution < -0.4 is 5.32 Å². The van der Waals surface area contributed by atoms with Crippen LogP contribution in [-0.2, 0) is 6.18 Å². The molecule has 0 spiro atoms. The van der Waals surface area contributed by atoms with Crippen molar-refractivity contribution in [2.75, 3.05) is 5.32 Å². The highest BCUT2D eigenvalue weighted by Gasteiger charge is 2.35. The summed E-state index contributed by atoms with van der Waals surface area (Å²) in [6.45, 7) is 2.17. The fraction of sp³-hybridized carbons (Fsp3) is 0.533. The van der Waals surface area contributed by atoms with Gasteiger partial charge in [0.1, 0.15) is 0 Å². The summed E-state index contributed by atoms with van der Waals surface area (Å²) in [5, 5.41) is 11.9. The van der Waals surface area contributed by atoms with Crippen molar-refractivity contribution in [2.24, 2.45) is 5.92 Å². The summed E-state index contributed by atoms with van der Waals surface area (Å²) in [5.74, 6) is -0.913. The number of hydrogen-bond donors (Lipinski definition) is 2. The Balaban J connectivity index is 2.20. The van der Waals surface area contributed by atoms with E-state index in [0.717, 1.165) is 37.8 Å². The summed E-state index contributed by atoms with van der Waals surface area (Å²) in [5.41, 5.74) is -1.50. The van der Waals surface area contributed by atoms with Crippen molar-refractivity contribution in [1.82, 2.24) is 0 Å². The lowest BCUT2D eigenvalue weighted by molar-refractivity contribution is -0.138. The summed E-state index contributed by atoms with van der Waals surface area (Å²) < 4.78 is 38.8. The molecule has 0 saturated heterocycles.